The Balaban J connectivity index is 2.10. The van der Waals surface area contributed by atoms with E-state index >= 15 is 0 Å². The fourth-order valence-electron chi connectivity index (χ4n) is 1.56. The fourth-order valence-corrected chi connectivity index (χ4v) is 1.56. The lowest BCUT2D eigenvalue weighted by Gasteiger charge is -2.16. The van der Waals surface area contributed by atoms with Crippen LogP contribution in [0.1, 0.15) is 32.6 Å². The second-order valence-electron chi connectivity index (χ2n) is 3.41. The first-order valence-corrected chi connectivity index (χ1v) is 4.72. The molecule has 11 heavy (non-hydrogen) atoms. The van der Waals surface area contributed by atoms with Crippen molar-refractivity contribution in [2.75, 3.05) is 13.2 Å². The van der Waals surface area contributed by atoms with Crippen LogP contribution in [0.25, 0.3) is 0 Å². The summed E-state index contributed by atoms with van der Waals surface area (Å²) in [6.45, 7) is 3.25. The highest BCUT2D eigenvalue weighted by molar-refractivity contribution is 4.85. The first-order chi connectivity index (χ1) is 5.38. The average Bonchev–Trinajstić information content (AvgIpc) is 2.80. The summed E-state index contributed by atoms with van der Waals surface area (Å²) in [5.74, 6) is 0.918. The van der Waals surface area contributed by atoms with Crippen molar-refractivity contribution in [1.82, 2.24) is 5.32 Å². The molecule has 1 rings (SSSR count). The molecule has 0 saturated heterocycles. The van der Waals surface area contributed by atoms with Gasteiger partial charge in [-0.05, 0) is 25.2 Å². The lowest BCUT2D eigenvalue weighted by Crippen LogP contribution is -2.33. The van der Waals surface area contributed by atoms with E-state index in [0.29, 0.717) is 6.04 Å². The minimum Gasteiger partial charge on any atom is -0.395 e. The molecule has 0 spiro atoms. The third kappa shape index (κ3) is 3.21. The monoisotopic (exact) mass is 157 g/mol. The predicted octanol–water partition coefficient (Wildman–Crippen LogP) is 1.15. The summed E-state index contributed by atoms with van der Waals surface area (Å²) < 4.78 is 0. The minimum atomic E-state index is 0.271. The van der Waals surface area contributed by atoms with Crippen LogP contribution in [-0.2, 0) is 0 Å². The zero-order valence-electron chi connectivity index (χ0n) is 7.34. The van der Waals surface area contributed by atoms with E-state index in [9.17, 15) is 0 Å². The molecule has 0 amide bonds. The molecule has 66 valence electrons. The van der Waals surface area contributed by atoms with Crippen LogP contribution in [0.4, 0.5) is 0 Å². The van der Waals surface area contributed by atoms with Gasteiger partial charge in [0.2, 0.25) is 0 Å². The van der Waals surface area contributed by atoms with E-state index in [4.69, 9.17) is 5.11 Å². The third-order valence-corrected chi connectivity index (χ3v) is 2.31. The van der Waals surface area contributed by atoms with Crippen molar-refractivity contribution in [3.8, 4) is 0 Å². The van der Waals surface area contributed by atoms with Crippen molar-refractivity contribution >= 4 is 0 Å². The Morgan fingerprint density at radius 3 is 2.73 bits per heavy atom. The molecule has 1 unspecified atom stereocenters. The molecule has 2 N–H and O–H groups in total. The van der Waals surface area contributed by atoms with Gasteiger partial charge in [0.05, 0.1) is 6.61 Å². The van der Waals surface area contributed by atoms with Crippen molar-refractivity contribution in [3.05, 3.63) is 0 Å². The third-order valence-electron chi connectivity index (χ3n) is 2.31. The molecule has 1 aliphatic carbocycles. The van der Waals surface area contributed by atoms with Gasteiger partial charge in [-0.15, -0.1) is 0 Å². The molecule has 2 nitrogen and oxygen atoms in total. The van der Waals surface area contributed by atoms with Crippen LogP contribution in [0.2, 0.25) is 0 Å². The van der Waals surface area contributed by atoms with Crippen LogP contribution in [0.3, 0.4) is 0 Å². The lowest BCUT2D eigenvalue weighted by atomic mass is 10.1. The summed E-state index contributed by atoms with van der Waals surface area (Å²) in [6.07, 6.45) is 5.30. The summed E-state index contributed by atoms with van der Waals surface area (Å²) in [6, 6.07) is 0.687. The Morgan fingerprint density at radius 1 is 1.55 bits per heavy atom. The van der Waals surface area contributed by atoms with E-state index in [1.54, 1.807) is 0 Å². The van der Waals surface area contributed by atoms with E-state index in [1.165, 1.54) is 25.7 Å². The quantitative estimate of drug-likeness (QED) is 0.606. The highest BCUT2D eigenvalue weighted by atomic mass is 16.3. The summed E-state index contributed by atoms with van der Waals surface area (Å²) in [7, 11) is 0. The topological polar surface area (TPSA) is 32.3 Å². The Bertz CT molecular complexity index is 102. The van der Waals surface area contributed by atoms with Gasteiger partial charge < -0.3 is 10.4 Å². The van der Waals surface area contributed by atoms with Crippen LogP contribution in [0.15, 0.2) is 0 Å². The molecule has 2 heteroatoms. The predicted molar refractivity (Wildman–Crippen MR) is 46.5 cm³/mol. The highest BCUT2D eigenvalue weighted by Gasteiger charge is 2.29. The molecule has 0 heterocycles. The zero-order chi connectivity index (χ0) is 8.10. The smallest absolute Gasteiger partial charge is 0.0556 e. The maximum absolute atomic E-state index is 8.62. The SMILES string of the molecule is CCCC(NCCO)C1CC1. The summed E-state index contributed by atoms with van der Waals surface area (Å²) in [4.78, 5) is 0. The molecule has 0 radical (unpaired) electrons. The van der Waals surface area contributed by atoms with Crippen molar-refractivity contribution in [3.63, 3.8) is 0 Å². The van der Waals surface area contributed by atoms with Gasteiger partial charge in [0.25, 0.3) is 0 Å². The van der Waals surface area contributed by atoms with Gasteiger partial charge in [0, 0.05) is 12.6 Å². The van der Waals surface area contributed by atoms with Crippen LogP contribution in [-0.4, -0.2) is 24.3 Å². The van der Waals surface area contributed by atoms with Crippen LogP contribution in [0, 0.1) is 5.92 Å². The van der Waals surface area contributed by atoms with E-state index in [1.807, 2.05) is 0 Å². The second-order valence-corrected chi connectivity index (χ2v) is 3.41. The first-order valence-electron chi connectivity index (χ1n) is 4.72. The summed E-state index contributed by atoms with van der Waals surface area (Å²) in [5.41, 5.74) is 0. The van der Waals surface area contributed by atoms with Gasteiger partial charge in [-0.25, -0.2) is 0 Å². The van der Waals surface area contributed by atoms with E-state index < -0.39 is 0 Å². The lowest BCUT2D eigenvalue weighted by molar-refractivity contribution is 0.277. The molecule has 1 saturated carbocycles. The Morgan fingerprint density at radius 2 is 2.27 bits per heavy atom. The van der Waals surface area contributed by atoms with Gasteiger partial charge in [-0.3, -0.25) is 0 Å². The molecular weight excluding hydrogens is 138 g/mol. The number of nitrogens with one attached hydrogen (secondary N) is 1. The number of aliphatic hydroxyl groups excluding tert-OH is 1. The normalized spacial score (nSPS) is 20.2. The first kappa shape index (κ1) is 9.01. The number of hydrogen-bond acceptors (Lipinski definition) is 2. The number of hydrogen-bond donors (Lipinski definition) is 2. The fraction of sp³-hybridized carbons (Fsp3) is 1.00. The maximum atomic E-state index is 8.62. The Labute approximate surface area is 69.0 Å². The van der Waals surface area contributed by atoms with Crippen LogP contribution in [0.5, 0.6) is 0 Å². The molecular formula is C9H19NO. The van der Waals surface area contributed by atoms with Crippen LogP contribution < -0.4 is 5.32 Å². The van der Waals surface area contributed by atoms with Crippen molar-refractivity contribution in [1.29, 1.82) is 0 Å². The van der Waals surface area contributed by atoms with Crippen molar-refractivity contribution in [2.45, 2.75) is 38.6 Å². The largest absolute Gasteiger partial charge is 0.395 e. The molecule has 0 aromatic rings. The van der Waals surface area contributed by atoms with Gasteiger partial charge in [0.1, 0.15) is 0 Å². The van der Waals surface area contributed by atoms with E-state index in [-0.39, 0.29) is 6.61 Å². The van der Waals surface area contributed by atoms with Crippen LogP contribution >= 0.6 is 0 Å². The Hall–Kier alpha value is -0.0800. The van der Waals surface area contributed by atoms with Crippen molar-refractivity contribution < 1.29 is 5.11 Å². The highest BCUT2D eigenvalue weighted by Crippen LogP contribution is 2.34. The standard InChI is InChI=1S/C9H19NO/c1-2-3-9(8-4-5-8)10-6-7-11/h8-11H,2-7H2,1H3. The Kier molecular flexibility index (Phi) is 3.87. The van der Waals surface area contributed by atoms with E-state index in [2.05, 4.69) is 12.2 Å². The van der Waals surface area contributed by atoms with Gasteiger partial charge in [0.15, 0.2) is 0 Å². The van der Waals surface area contributed by atoms with Gasteiger partial charge in [-0.1, -0.05) is 13.3 Å². The molecule has 0 bridgehead atoms. The van der Waals surface area contributed by atoms with Gasteiger partial charge >= 0.3 is 0 Å². The molecule has 0 aliphatic heterocycles. The molecule has 1 fully saturated rings. The average molecular weight is 157 g/mol. The molecule has 1 aliphatic rings. The summed E-state index contributed by atoms with van der Waals surface area (Å²) in [5, 5.41) is 12.0. The van der Waals surface area contributed by atoms with Gasteiger partial charge in [-0.2, -0.15) is 0 Å². The molecule has 0 aromatic heterocycles. The second kappa shape index (κ2) is 4.73. The number of aliphatic hydroxyl groups is 1. The summed E-state index contributed by atoms with van der Waals surface area (Å²) >= 11 is 0. The van der Waals surface area contributed by atoms with E-state index in [0.717, 1.165) is 12.5 Å². The number of rotatable bonds is 6. The zero-order valence-corrected chi connectivity index (χ0v) is 7.34. The minimum absolute atomic E-state index is 0.271. The molecule has 0 aromatic carbocycles. The molecule has 1 atom stereocenters. The van der Waals surface area contributed by atoms with Crippen molar-refractivity contribution in [2.24, 2.45) is 5.92 Å². The maximum Gasteiger partial charge on any atom is 0.0556 e.